The molecule has 10 heavy (non-hydrogen) atoms. The van der Waals surface area contributed by atoms with Gasteiger partial charge in [0.05, 0.1) is 0 Å². The summed E-state index contributed by atoms with van der Waals surface area (Å²) < 4.78 is 0. The van der Waals surface area contributed by atoms with Crippen molar-refractivity contribution in [3.05, 3.63) is 0 Å². The highest BCUT2D eigenvalue weighted by atomic mass is 28.3. The average Bonchev–Trinajstić information content (AvgIpc) is 1.59. The minimum absolute atomic E-state index is 0.0525. The van der Waals surface area contributed by atoms with E-state index in [4.69, 9.17) is 5.73 Å². The van der Waals surface area contributed by atoms with E-state index in [1.54, 1.807) is 0 Å². The first-order valence-electron chi connectivity index (χ1n) is 3.76. The van der Waals surface area contributed by atoms with Crippen LogP contribution < -0.4 is 5.73 Å². The van der Waals surface area contributed by atoms with Crippen LogP contribution >= 0.6 is 0 Å². The Morgan fingerprint density at radius 3 is 1.50 bits per heavy atom. The van der Waals surface area contributed by atoms with E-state index in [9.17, 15) is 4.79 Å². The van der Waals surface area contributed by atoms with Crippen molar-refractivity contribution < 1.29 is 4.79 Å². The Balaban J connectivity index is 4.12. The minimum Gasteiger partial charge on any atom is -0.370 e. The van der Waals surface area contributed by atoms with E-state index >= 15 is 0 Å². The lowest BCUT2D eigenvalue weighted by molar-refractivity contribution is -0.116. The van der Waals surface area contributed by atoms with Crippen LogP contribution in [0.2, 0.25) is 31.4 Å². The molecule has 0 rings (SSSR count). The second-order valence-electron chi connectivity index (χ2n) is 3.42. The maximum atomic E-state index is 10.9. The highest BCUT2D eigenvalue weighted by Gasteiger charge is 2.24. The average molecular weight is 175 g/mol. The summed E-state index contributed by atoms with van der Waals surface area (Å²) in [5.74, 6) is -0.0525. The summed E-state index contributed by atoms with van der Waals surface area (Å²) in [6.45, 7) is 8.79. The summed E-state index contributed by atoms with van der Waals surface area (Å²) in [4.78, 5) is 10.9. The Hall–Kier alpha value is -0.0962. The topological polar surface area (TPSA) is 43.1 Å². The Bertz CT molecular complexity index is 117. The normalized spacial score (nSPS) is 11.5. The van der Waals surface area contributed by atoms with Crippen LogP contribution in [0.3, 0.4) is 0 Å². The molecule has 0 bridgehead atoms. The number of carbonyl (C=O) groups excluding carboxylic acids is 1. The molecular weight excluding hydrogens is 158 g/mol. The van der Waals surface area contributed by atoms with Crippen molar-refractivity contribution in [3.8, 4) is 0 Å². The number of amides is 1. The molecule has 0 heterocycles. The number of rotatable bonds is 3. The Morgan fingerprint density at radius 1 is 1.20 bits per heavy atom. The van der Waals surface area contributed by atoms with E-state index in [0.29, 0.717) is 5.16 Å². The summed E-state index contributed by atoms with van der Waals surface area (Å²) in [6, 6.07) is 0. The highest BCUT2D eigenvalue weighted by Crippen LogP contribution is 2.13. The maximum absolute atomic E-state index is 10.9. The molecule has 2 nitrogen and oxygen atoms in total. The molecule has 0 aliphatic rings. The maximum Gasteiger partial charge on any atom is 0.214 e. The third-order valence-electron chi connectivity index (χ3n) is 1.76. The fourth-order valence-electron chi connectivity index (χ4n) is 1.43. The Morgan fingerprint density at radius 2 is 1.50 bits per heavy atom. The van der Waals surface area contributed by atoms with Crippen molar-refractivity contribution in [1.82, 2.24) is 0 Å². The van der Waals surface area contributed by atoms with Crippen LogP contribution in [0.25, 0.3) is 0 Å². The molecule has 0 saturated carbocycles. The zero-order valence-corrected chi connectivity index (χ0v) is 9.53. The van der Waals surface area contributed by atoms with Crippen molar-refractivity contribution in [2.24, 2.45) is 5.73 Å². The van der Waals surface area contributed by atoms with Crippen LogP contribution in [-0.4, -0.2) is 23.5 Å². The van der Waals surface area contributed by atoms with E-state index in [1.165, 1.54) is 0 Å². The van der Waals surface area contributed by atoms with E-state index in [1.807, 2.05) is 0 Å². The first kappa shape index (κ1) is 9.90. The summed E-state index contributed by atoms with van der Waals surface area (Å²) in [6.07, 6.45) is 0. The van der Waals surface area contributed by atoms with Crippen LogP contribution in [0.1, 0.15) is 0 Å². The summed E-state index contributed by atoms with van der Waals surface area (Å²) in [5.41, 5.74) is 5.27. The van der Waals surface area contributed by atoms with E-state index < -0.39 is 17.6 Å². The van der Waals surface area contributed by atoms with Gasteiger partial charge in [0.15, 0.2) is 0 Å². The first-order chi connectivity index (χ1) is 4.46. The van der Waals surface area contributed by atoms with Crippen molar-refractivity contribution >= 4 is 23.5 Å². The van der Waals surface area contributed by atoms with Gasteiger partial charge in [-0.2, -0.15) is 0 Å². The van der Waals surface area contributed by atoms with Gasteiger partial charge in [-0.3, -0.25) is 4.79 Å². The monoisotopic (exact) mass is 175 g/mol. The van der Waals surface area contributed by atoms with Crippen LogP contribution in [0.15, 0.2) is 0 Å². The first-order valence-corrected chi connectivity index (χ1v) is 9.71. The summed E-state index contributed by atoms with van der Waals surface area (Å²) >= 11 is 0. The number of hydrogen-bond acceptors (Lipinski definition) is 1. The Kier molecular flexibility index (Phi) is 3.89. The molecule has 0 spiro atoms. The lowest BCUT2D eigenvalue weighted by Gasteiger charge is -2.18. The van der Waals surface area contributed by atoms with Crippen molar-refractivity contribution in [3.63, 3.8) is 0 Å². The standard InChI is InChI=1S/C6H17NOSi2/c1-9(2)6(5(7)8)10(3)4/h6,9-10H,1-4H3,(H2,7,8). The van der Waals surface area contributed by atoms with Gasteiger partial charge < -0.3 is 5.73 Å². The largest absolute Gasteiger partial charge is 0.370 e. The van der Waals surface area contributed by atoms with Gasteiger partial charge in [-0.05, 0) is 0 Å². The molecule has 0 radical (unpaired) electrons. The fourth-order valence-corrected chi connectivity index (χ4v) is 8.90. The molecule has 0 atom stereocenters. The molecule has 4 heteroatoms. The van der Waals surface area contributed by atoms with E-state index in [-0.39, 0.29) is 5.91 Å². The highest BCUT2D eigenvalue weighted by molar-refractivity contribution is 6.82. The van der Waals surface area contributed by atoms with Gasteiger partial charge in [0.1, 0.15) is 0 Å². The molecule has 0 aliphatic heterocycles. The van der Waals surface area contributed by atoms with Crippen LogP contribution in [-0.2, 0) is 4.79 Å². The van der Waals surface area contributed by atoms with E-state index in [2.05, 4.69) is 26.2 Å². The molecule has 0 aromatic carbocycles. The molecule has 0 aromatic heterocycles. The van der Waals surface area contributed by atoms with E-state index in [0.717, 1.165) is 0 Å². The summed E-state index contributed by atoms with van der Waals surface area (Å²) in [7, 11) is -1.63. The van der Waals surface area contributed by atoms with Gasteiger partial charge in [-0.1, -0.05) is 26.2 Å². The van der Waals surface area contributed by atoms with Gasteiger partial charge >= 0.3 is 0 Å². The second-order valence-corrected chi connectivity index (χ2v) is 10.6. The van der Waals surface area contributed by atoms with Crippen LogP contribution in [0.5, 0.6) is 0 Å². The smallest absolute Gasteiger partial charge is 0.214 e. The molecule has 2 N–H and O–H groups in total. The lowest BCUT2D eigenvalue weighted by atomic mass is 10.7. The predicted molar refractivity (Wildman–Crippen MR) is 50.7 cm³/mol. The number of hydrogen-bond donors (Lipinski definition) is 1. The van der Waals surface area contributed by atoms with Crippen molar-refractivity contribution in [2.45, 2.75) is 31.4 Å². The molecule has 0 aromatic rings. The SMILES string of the molecule is C[SiH](C)C(C(N)=O)[SiH](C)C. The van der Waals surface area contributed by atoms with Gasteiger partial charge in [0.2, 0.25) is 5.91 Å². The Labute approximate surface area is 66.0 Å². The molecule has 0 fully saturated rings. The zero-order valence-electron chi connectivity index (χ0n) is 7.22. The fraction of sp³-hybridized carbons (Fsp3) is 0.833. The van der Waals surface area contributed by atoms with Gasteiger partial charge in [0, 0.05) is 22.8 Å². The third kappa shape index (κ3) is 2.66. The zero-order chi connectivity index (χ0) is 8.31. The quantitative estimate of drug-likeness (QED) is 0.618. The number of carbonyl (C=O) groups is 1. The molecule has 1 amide bonds. The molecule has 60 valence electrons. The molecule has 0 saturated heterocycles. The van der Waals surface area contributed by atoms with Gasteiger partial charge in [0.25, 0.3) is 0 Å². The van der Waals surface area contributed by atoms with Crippen molar-refractivity contribution in [1.29, 1.82) is 0 Å². The molecular formula is C6H17NOSi2. The number of nitrogens with two attached hydrogens (primary N) is 1. The van der Waals surface area contributed by atoms with Crippen molar-refractivity contribution in [2.75, 3.05) is 0 Å². The van der Waals surface area contributed by atoms with Gasteiger partial charge in [-0.25, -0.2) is 0 Å². The second kappa shape index (κ2) is 3.93. The lowest BCUT2D eigenvalue weighted by Crippen LogP contribution is -2.36. The minimum atomic E-state index is -0.814. The van der Waals surface area contributed by atoms with Crippen LogP contribution in [0.4, 0.5) is 0 Å². The number of primary amides is 1. The molecule has 0 aliphatic carbocycles. The summed E-state index contributed by atoms with van der Waals surface area (Å²) in [5, 5.41) is 0.306. The predicted octanol–water partition coefficient (Wildman–Crippen LogP) is 0.354. The van der Waals surface area contributed by atoms with Gasteiger partial charge in [-0.15, -0.1) is 0 Å². The third-order valence-corrected chi connectivity index (χ3v) is 9.91. The van der Waals surface area contributed by atoms with Crippen LogP contribution in [0, 0.1) is 0 Å². The molecule has 0 unspecified atom stereocenters.